The molecule has 1 aliphatic carbocycles. The van der Waals surface area contributed by atoms with Gasteiger partial charge in [-0.2, -0.15) is 0 Å². The van der Waals surface area contributed by atoms with E-state index < -0.39 is 0 Å². The third-order valence-corrected chi connectivity index (χ3v) is 3.07. The van der Waals surface area contributed by atoms with Crippen LogP contribution in [0.3, 0.4) is 0 Å². The summed E-state index contributed by atoms with van der Waals surface area (Å²) in [5.74, 6) is 0. The normalized spacial score (nSPS) is 15.9. The van der Waals surface area contributed by atoms with Gasteiger partial charge in [0.2, 0.25) is 0 Å². The minimum Gasteiger partial charge on any atom is -0.0769 e. The van der Waals surface area contributed by atoms with Crippen LogP contribution in [-0.4, -0.2) is 0 Å². The fraction of sp³-hybridized carbons (Fsp3) is 0.333. The lowest BCUT2D eigenvalue weighted by Crippen LogP contribution is -1.91. The first-order chi connectivity index (χ1) is 7.09. The van der Waals surface area contributed by atoms with E-state index in [9.17, 15) is 0 Å². The van der Waals surface area contributed by atoms with Crippen molar-refractivity contribution < 1.29 is 0 Å². The first-order valence-electron chi connectivity index (χ1n) is 5.46. The Morgan fingerprint density at radius 2 is 1.87 bits per heavy atom. The Morgan fingerprint density at radius 3 is 2.40 bits per heavy atom. The van der Waals surface area contributed by atoms with Crippen LogP contribution in [-0.2, 0) is 0 Å². The van der Waals surface area contributed by atoms with Gasteiger partial charge in [-0.25, -0.2) is 0 Å². The third kappa shape index (κ3) is 1.77. The maximum absolute atomic E-state index is 3.41. The van der Waals surface area contributed by atoms with Gasteiger partial charge in [-0.3, -0.25) is 0 Å². The zero-order valence-electron chi connectivity index (χ0n) is 9.94. The van der Waals surface area contributed by atoms with Crippen LogP contribution in [0, 0.1) is 19.9 Å². The van der Waals surface area contributed by atoms with Crippen LogP contribution in [0.5, 0.6) is 0 Å². The van der Waals surface area contributed by atoms with E-state index in [0.29, 0.717) is 0 Å². The second kappa shape index (κ2) is 3.69. The average Bonchev–Trinajstić information content (AvgIpc) is 2.48. The molecule has 0 unspecified atom stereocenters. The third-order valence-electron chi connectivity index (χ3n) is 3.07. The molecule has 0 aromatic heterocycles. The Kier molecular flexibility index (Phi) is 2.52. The molecule has 0 spiro atoms. The number of allylic oxidation sites excluding steroid dienone is 4. The molecule has 0 heteroatoms. The molecule has 0 N–H and O–H groups in total. The van der Waals surface area contributed by atoms with Crippen molar-refractivity contribution in [2.75, 3.05) is 0 Å². The van der Waals surface area contributed by atoms with Crippen LogP contribution in [0.15, 0.2) is 29.4 Å². The summed E-state index contributed by atoms with van der Waals surface area (Å²) < 4.78 is 0. The second-order valence-corrected chi connectivity index (χ2v) is 4.48. The molecule has 0 amide bonds. The largest absolute Gasteiger partial charge is 0.0769 e. The zero-order chi connectivity index (χ0) is 11.0. The van der Waals surface area contributed by atoms with E-state index in [4.69, 9.17) is 0 Å². The molecule has 2 rings (SSSR count). The van der Waals surface area contributed by atoms with Gasteiger partial charge in [0, 0.05) is 0 Å². The molecule has 0 heterocycles. The van der Waals surface area contributed by atoms with Crippen LogP contribution < -0.4 is 0 Å². The van der Waals surface area contributed by atoms with Crippen molar-refractivity contribution in [3.63, 3.8) is 0 Å². The van der Waals surface area contributed by atoms with Gasteiger partial charge in [0.25, 0.3) is 0 Å². The predicted molar refractivity (Wildman–Crippen MR) is 65.7 cm³/mol. The molecular weight excluding hydrogens is 180 g/mol. The van der Waals surface area contributed by atoms with Crippen molar-refractivity contribution in [2.45, 2.75) is 34.1 Å². The minimum absolute atomic E-state index is 1.10. The highest BCUT2D eigenvalue weighted by Gasteiger charge is 2.14. The number of hydrogen-bond acceptors (Lipinski definition) is 0. The van der Waals surface area contributed by atoms with Gasteiger partial charge in [-0.05, 0) is 62.5 Å². The Balaban J connectivity index is 2.55. The average molecular weight is 197 g/mol. The quantitative estimate of drug-likeness (QED) is 0.632. The lowest BCUT2D eigenvalue weighted by Gasteiger charge is -2.11. The van der Waals surface area contributed by atoms with Crippen LogP contribution in [0.2, 0.25) is 0 Å². The zero-order valence-corrected chi connectivity index (χ0v) is 9.94. The molecule has 1 aromatic rings. The van der Waals surface area contributed by atoms with Crippen LogP contribution in [0.4, 0.5) is 0 Å². The van der Waals surface area contributed by atoms with E-state index in [1.807, 2.05) is 0 Å². The number of rotatable bonds is 1. The Morgan fingerprint density at radius 1 is 1.13 bits per heavy atom. The van der Waals surface area contributed by atoms with Crippen molar-refractivity contribution in [2.24, 2.45) is 0 Å². The van der Waals surface area contributed by atoms with E-state index in [0.717, 1.165) is 6.42 Å². The van der Waals surface area contributed by atoms with Gasteiger partial charge in [0.1, 0.15) is 0 Å². The van der Waals surface area contributed by atoms with E-state index in [2.05, 4.69) is 52.0 Å². The minimum atomic E-state index is 1.10. The van der Waals surface area contributed by atoms with E-state index in [-0.39, 0.29) is 0 Å². The lowest BCUT2D eigenvalue weighted by atomic mass is 9.94. The highest BCUT2D eigenvalue weighted by Crippen LogP contribution is 2.35. The molecule has 1 aromatic carbocycles. The highest BCUT2D eigenvalue weighted by atomic mass is 14.2. The van der Waals surface area contributed by atoms with E-state index in [1.54, 1.807) is 0 Å². The van der Waals surface area contributed by atoms with Crippen molar-refractivity contribution in [1.82, 2.24) is 0 Å². The highest BCUT2D eigenvalue weighted by molar-refractivity contribution is 5.84. The molecule has 0 nitrogen and oxygen atoms in total. The first-order valence-corrected chi connectivity index (χ1v) is 5.46. The number of benzene rings is 1. The fourth-order valence-electron chi connectivity index (χ4n) is 2.28. The summed E-state index contributed by atoms with van der Waals surface area (Å²) in [4.78, 5) is 0. The molecule has 0 aliphatic heterocycles. The summed E-state index contributed by atoms with van der Waals surface area (Å²) in [6.45, 7) is 8.70. The fourth-order valence-corrected chi connectivity index (χ4v) is 2.28. The molecular formula is C15H17. The van der Waals surface area contributed by atoms with Crippen molar-refractivity contribution >= 4 is 5.57 Å². The second-order valence-electron chi connectivity index (χ2n) is 4.48. The molecule has 0 saturated heterocycles. The van der Waals surface area contributed by atoms with E-state index in [1.165, 1.54) is 33.4 Å². The molecule has 77 valence electrons. The summed E-state index contributed by atoms with van der Waals surface area (Å²) in [7, 11) is 0. The number of hydrogen-bond donors (Lipinski definition) is 0. The maximum Gasteiger partial charge on any atom is -0.00736 e. The molecule has 0 atom stereocenters. The summed E-state index contributed by atoms with van der Waals surface area (Å²) in [5, 5.41) is 0. The number of aryl methyl sites for hydroxylation is 2. The first kappa shape index (κ1) is 10.2. The maximum atomic E-state index is 3.41. The SMILES string of the molecule is CC1=CCC(C)=C1c1[c]cc(C)cc1C. The molecule has 0 bridgehead atoms. The van der Waals surface area contributed by atoms with Crippen LogP contribution >= 0.6 is 0 Å². The Labute approximate surface area is 92.3 Å². The van der Waals surface area contributed by atoms with Gasteiger partial charge >= 0.3 is 0 Å². The monoisotopic (exact) mass is 197 g/mol. The van der Waals surface area contributed by atoms with Crippen molar-refractivity contribution in [1.29, 1.82) is 0 Å². The Bertz CT molecular complexity index is 459. The molecule has 1 aliphatic rings. The van der Waals surface area contributed by atoms with Gasteiger partial charge in [-0.15, -0.1) is 0 Å². The molecule has 0 fully saturated rings. The van der Waals surface area contributed by atoms with Gasteiger partial charge in [0.05, 0.1) is 0 Å². The van der Waals surface area contributed by atoms with Crippen molar-refractivity contribution in [3.05, 3.63) is 52.1 Å². The van der Waals surface area contributed by atoms with Gasteiger partial charge in [-0.1, -0.05) is 29.3 Å². The van der Waals surface area contributed by atoms with Crippen LogP contribution in [0.25, 0.3) is 5.57 Å². The molecule has 0 saturated carbocycles. The topological polar surface area (TPSA) is 0 Å². The molecule has 15 heavy (non-hydrogen) atoms. The summed E-state index contributed by atoms with van der Waals surface area (Å²) >= 11 is 0. The standard InChI is InChI=1S/C15H17/c1-10-5-8-14(13(4)9-10)15-11(2)6-7-12(15)3/h5-6,9H,7H2,1-4H3. The Hall–Kier alpha value is -1.30. The predicted octanol–water partition coefficient (Wildman–Crippen LogP) is 4.23. The van der Waals surface area contributed by atoms with Gasteiger partial charge < -0.3 is 0 Å². The van der Waals surface area contributed by atoms with Crippen LogP contribution in [0.1, 0.15) is 37.0 Å². The molecule has 1 radical (unpaired) electrons. The summed E-state index contributed by atoms with van der Waals surface area (Å²) in [6, 6.07) is 7.72. The summed E-state index contributed by atoms with van der Waals surface area (Å²) in [6.07, 6.45) is 3.40. The summed E-state index contributed by atoms with van der Waals surface area (Å²) in [5.41, 5.74) is 8.18. The smallest absolute Gasteiger partial charge is 0.00736 e. The van der Waals surface area contributed by atoms with Crippen molar-refractivity contribution in [3.8, 4) is 0 Å². The van der Waals surface area contributed by atoms with Gasteiger partial charge in [0.15, 0.2) is 0 Å². The van der Waals surface area contributed by atoms with E-state index >= 15 is 0 Å². The lowest BCUT2D eigenvalue weighted by molar-refractivity contribution is 1.25.